The van der Waals surface area contributed by atoms with Crippen molar-refractivity contribution in [3.8, 4) is 0 Å². The predicted molar refractivity (Wildman–Crippen MR) is 83.1 cm³/mol. The van der Waals surface area contributed by atoms with Crippen LogP contribution in [0, 0.1) is 0 Å². The molecular formula is C14H16BrN5. The van der Waals surface area contributed by atoms with Crippen LogP contribution in [0.1, 0.15) is 11.5 Å². The van der Waals surface area contributed by atoms with E-state index in [2.05, 4.69) is 30.2 Å². The van der Waals surface area contributed by atoms with E-state index in [9.17, 15) is 0 Å². The lowest BCUT2D eigenvalue weighted by Gasteiger charge is -2.17. The Morgan fingerprint density at radius 2 is 2.15 bits per heavy atom. The van der Waals surface area contributed by atoms with Crippen LogP contribution in [0.3, 0.4) is 0 Å². The molecular weight excluding hydrogens is 318 g/mol. The molecule has 5 nitrogen and oxygen atoms in total. The summed E-state index contributed by atoms with van der Waals surface area (Å²) in [6, 6.07) is 6.04. The first kappa shape index (κ1) is 13.2. The van der Waals surface area contributed by atoms with Gasteiger partial charge in [0.2, 0.25) is 0 Å². The Bertz CT molecular complexity index is 730. The average molecular weight is 334 g/mol. The number of alkyl halides is 1. The minimum Gasteiger partial charge on any atom is -0.351 e. The number of hydrogen-bond donors (Lipinski definition) is 0. The summed E-state index contributed by atoms with van der Waals surface area (Å²) in [6.45, 7) is 0.730. The molecule has 0 saturated carbocycles. The van der Waals surface area contributed by atoms with Gasteiger partial charge in [0.15, 0.2) is 5.82 Å². The Morgan fingerprint density at radius 1 is 1.30 bits per heavy atom. The van der Waals surface area contributed by atoms with Gasteiger partial charge in [0.05, 0.1) is 12.2 Å². The molecule has 3 heterocycles. The summed E-state index contributed by atoms with van der Waals surface area (Å²) >= 11 is 3.56. The van der Waals surface area contributed by atoms with Crippen LogP contribution in [0.25, 0.3) is 5.65 Å². The second-order valence-electron chi connectivity index (χ2n) is 4.76. The smallest absolute Gasteiger partial charge is 0.152 e. The van der Waals surface area contributed by atoms with Crippen LogP contribution in [0.15, 0.2) is 36.8 Å². The minimum absolute atomic E-state index is 0.730. The summed E-state index contributed by atoms with van der Waals surface area (Å²) < 4.78 is 4.14. The minimum atomic E-state index is 0.730. The van der Waals surface area contributed by atoms with Crippen molar-refractivity contribution in [2.24, 2.45) is 7.05 Å². The second-order valence-corrected chi connectivity index (χ2v) is 5.32. The van der Waals surface area contributed by atoms with E-state index >= 15 is 0 Å². The van der Waals surface area contributed by atoms with Gasteiger partial charge in [0.1, 0.15) is 11.5 Å². The zero-order valence-electron chi connectivity index (χ0n) is 11.5. The Balaban J connectivity index is 1.98. The van der Waals surface area contributed by atoms with E-state index in [1.54, 1.807) is 0 Å². The fourth-order valence-electron chi connectivity index (χ4n) is 2.30. The van der Waals surface area contributed by atoms with Gasteiger partial charge < -0.3 is 13.9 Å². The van der Waals surface area contributed by atoms with Gasteiger partial charge >= 0.3 is 0 Å². The average Bonchev–Trinajstić information content (AvgIpc) is 3.02. The number of hydrogen-bond acceptors (Lipinski definition) is 3. The molecule has 0 unspecified atom stereocenters. The van der Waals surface area contributed by atoms with E-state index in [-0.39, 0.29) is 0 Å². The molecule has 0 aliphatic carbocycles. The van der Waals surface area contributed by atoms with Crippen molar-refractivity contribution >= 4 is 27.4 Å². The highest BCUT2D eigenvalue weighted by Gasteiger charge is 2.15. The van der Waals surface area contributed by atoms with E-state index < -0.39 is 0 Å². The number of nitrogens with zero attached hydrogens (tertiary/aromatic N) is 5. The largest absolute Gasteiger partial charge is 0.351 e. The van der Waals surface area contributed by atoms with Crippen LogP contribution in [0.2, 0.25) is 0 Å². The molecule has 0 aromatic carbocycles. The second kappa shape index (κ2) is 5.28. The Labute approximate surface area is 126 Å². The third-order valence-corrected chi connectivity index (χ3v) is 3.93. The summed E-state index contributed by atoms with van der Waals surface area (Å²) in [5, 5.41) is 0.762. The van der Waals surface area contributed by atoms with Gasteiger partial charge in [0.25, 0.3) is 0 Å². The van der Waals surface area contributed by atoms with Gasteiger partial charge in [-0.05, 0) is 12.1 Å². The van der Waals surface area contributed by atoms with Crippen molar-refractivity contribution in [2.45, 2.75) is 11.9 Å². The number of pyridine rings is 1. The third-order valence-electron chi connectivity index (χ3n) is 3.40. The number of imidazole rings is 2. The Morgan fingerprint density at radius 3 is 2.85 bits per heavy atom. The van der Waals surface area contributed by atoms with Gasteiger partial charge in [0, 0.05) is 38.0 Å². The van der Waals surface area contributed by atoms with Crippen molar-refractivity contribution in [1.82, 2.24) is 18.9 Å². The normalized spacial score (nSPS) is 11.2. The molecule has 0 radical (unpaired) electrons. The van der Waals surface area contributed by atoms with E-state index in [0.29, 0.717) is 0 Å². The molecule has 104 valence electrons. The van der Waals surface area contributed by atoms with Crippen LogP contribution in [0.5, 0.6) is 0 Å². The molecule has 3 aromatic rings. The lowest BCUT2D eigenvalue weighted by molar-refractivity contribution is 0.755. The third kappa shape index (κ3) is 2.20. The molecule has 0 spiro atoms. The number of aromatic nitrogens is 4. The molecule has 0 atom stereocenters. The van der Waals surface area contributed by atoms with Crippen LogP contribution < -0.4 is 4.90 Å². The molecule has 20 heavy (non-hydrogen) atoms. The highest BCUT2D eigenvalue weighted by Crippen LogP contribution is 2.24. The monoisotopic (exact) mass is 333 g/mol. The fraction of sp³-hybridized carbons (Fsp3) is 0.286. The topological polar surface area (TPSA) is 38.4 Å². The maximum Gasteiger partial charge on any atom is 0.152 e. The van der Waals surface area contributed by atoms with Gasteiger partial charge in [-0.2, -0.15) is 0 Å². The Kier molecular flexibility index (Phi) is 3.48. The maximum absolute atomic E-state index is 4.72. The van der Waals surface area contributed by atoms with Crippen molar-refractivity contribution in [2.75, 3.05) is 11.9 Å². The number of anilines is 1. The molecule has 0 aliphatic rings. The molecule has 0 fully saturated rings. The first-order valence-corrected chi connectivity index (χ1v) is 7.52. The predicted octanol–water partition coefficient (Wildman–Crippen LogP) is 2.60. The number of aryl methyl sites for hydroxylation is 1. The zero-order chi connectivity index (χ0) is 14.1. The molecule has 6 heteroatoms. The summed E-state index contributed by atoms with van der Waals surface area (Å²) in [5.74, 6) is 2.00. The van der Waals surface area contributed by atoms with Crippen molar-refractivity contribution in [3.05, 3.63) is 48.3 Å². The van der Waals surface area contributed by atoms with E-state index in [1.165, 1.54) is 0 Å². The molecule has 3 rings (SSSR count). The Hall–Kier alpha value is -1.82. The molecule has 0 aliphatic heterocycles. The lowest BCUT2D eigenvalue weighted by Crippen LogP contribution is -2.20. The van der Waals surface area contributed by atoms with E-state index in [0.717, 1.165) is 34.9 Å². The SMILES string of the molecule is CN(Cc1nccn1C)c1nc2ccccn2c1CBr. The summed E-state index contributed by atoms with van der Waals surface area (Å²) in [6.07, 6.45) is 5.81. The summed E-state index contributed by atoms with van der Waals surface area (Å²) in [5.41, 5.74) is 2.11. The van der Waals surface area contributed by atoms with Gasteiger partial charge in [-0.25, -0.2) is 9.97 Å². The molecule has 0 bridgehead atoms. The van der Waals surface area contributed by atoms with Gasteiger partial charge in [-0.1, -0.05) is 22.0 Å². The molecule has 0 saturated heterocycles. The lowest BCUT2D eigenvalue weighted by atomic mass is 10.4. The standard InChI is InChI=1S/C14H16BrN5/c1-18-8-6-16-13(18)10-19(2)14-11(9-15)20-7-4-3-5-12(20)17-14/h3-8H,9-10H2,1-2H3. The molecule has 3 aromatic heterocycles. The number of rotatable bonds is 4. The maximum atomic E-state index is 4.72. The van der Waals surface area contributed by atoms with E-state index in [1.807, 2.05) is 55.5 Å². The summed E-state index contributed by atoms with van der Waals surface area (Å²) in [4.78, 5) is 11.2. The quantitative estimate of drug-likeness (QED) is 0.689. The zero-order valence-corrected chi connectivity index (χ0v) is 13.1. The highest BCUT2D eigenvalue weighted by atomic mass is 79.9. The van der Waals surface area contributed by atoms with Crippen LogP contribution in [-0.4, -0.2) is 26.0 Å². The van der Waals surface area contributed by atoms with Crippen LogP contribution >= 0.6 is 15.9 Å². The summed E-state index contributed by atoms with van der Waals surface area (Å²) in [7, 11) is 4.05. The van der Waals surface area contributed by atoms with Crippen molar-refractivity contribution in [3.63, 3.8) is 0 Å². The number of fused-ring (bicyclic) bond motifs is 1. The van der Waals surface area contributed by atoms with E-state index in [4.69, 9.17) is 4.98 Å². The van der Waals surface area contributed by atoms with Gasteiger partial charge in [-0.3, -0.25) is 0 Å². The first-order valence-electron chi connectivity index (χ1n) is 6.40. The number of halogens is 1. The van der Waals surface area contributed by atoms with Crippen molar-refractivity contribution in [1.29, 1.82) is 0 Å². The fourth-order valence-corrected chi connectivity index (χ4v) is 2.82. The van der Waals surface area contributed by atoms with Crippen molar-refractivity contribution < 1.29 is 0 Å². The molecule has 0 amide bonds. The van der Waals surface area contributed by atoms with Crippen LogP contribution in [0.4, 0.5) is 5.82 Å². The van der Waals surface area contributed by atoms with Crippen LogP contribution in [-0.2, 0) is 18.9 Å². The first-order chi connectivity index (χ1) is 9.70. The highest BCUT2D eigenvalue weighted by molar-refractivity contribution is 9.08. The van der Waals surface area contributed by atoms with Gasteiger partial charge in [-0.15, -0.1) is 0 Å². The molecule has 0 N–H and O–H groups in total.